The van der Waals surface area contributed by atoms with E-state index in [4.69, 9.17) is 4.84 Å². The van der Waals surface area contributed by atoms with Crippen molar-refractivity contribution in [3.8, 4) is 0 Å². The number of allylic oxidation sites excluding steroid dienone is 1. The van der Waals surface area contributed by atoms with Crippen LogP contribution in [-0.4, -0.2) is 13.7 Å². The average Bonchev–Trinajstić information content (AvgIpc) is 1.80. The molecule has 0 aliphatic rings. The molecule has 0 bridgehead atoms. The van der Waals surface area contributed by atoms with E-state index in [0.29, 0.717) is 12.5 Å². The molecule has 54 valence electrons. The highest BCUT2D eigenvalue weighted by molar-refractivity contribution is 4.83. The highest BCUT2D eigenvalue weighted by Crippen LogP contribution is 1.91. The van der Waals surface area contributed by atoms with Crippen LogP contribution in [0.2, 0.25) is 0 Å². The molecule has 0 radical (unpaired) electrons. The molecule has 2 heteroatoms. The minimum Gasteiger partial charge on any atom is -0.298 e. The molecule has 0 aromatic rings. The van der Waals surface area contributed by atoms with Gasteiger partial charge in [0.15, 0.2) is 0 Å². The van der Waals surface area contributed by atoms with Crippen LogP contribution in [0, 0.1) is 5.92 Å². The van der Waals surface area contributed by atoms with E-state index in [0.717, 1.165) is 0 Å². The summed E-state index contributed by atoms with van der Waals surface area (Å²) in [6, 6.07) is 0. The van der Waals surface area contributed by atoms with Gasteiger partial charge in [0, 0.05) is 7.05 Å². The minimum atomic E-state index is 0.616. The maximum absolute atomic E-state index is 4.85. The Balaban J connectivity index is 3.04. The van der Waals surface area contributed by atoms with Gasteiger partial charge in [-0.3, -0.25) is 4.84 Å². The zero-order chi connectivity index (χ0) is 7.11. The zero-order valence-electron chi connectivity index (χ0n) is 6.35. The van der Waals surface area contributed by atoms with Gasteiger partial charge in [0.2, 0.25) is 0 Å². The fourth-order valence-electron chi connectivity index (χ4n) is 0.459. The van der Waals surface area contributed by atoms with Crippen molar-refractivity contribution in [3.63, 3.8) is 0 Å². The third-order valence-corrected chi connectivity index (χ3v) is 0.845. The van der Waals surface area contributed by atoms with Crippen molar-refractivity contribution >= 4 is 0 Å². The van der Waals surface area contributed by atoms with Crippen LogP contribution in [-0.2, 0) is 4.84 Å². The maximum atomic E-state index is 4.85. The lowest BCUT2D eigenvalue weighted by atomic mass is 10.2. The monoisotopic (exact) mass is 129 g/mol. The summed E-state index contributed by atoms with van der Waals surface area (Å²) in [5.74, 6) is 0.616. The van der Waals surface area contributed by atoms with Crippen LogP contribution in [0.1, 0.15) is 13.8 Å². The van der Waals surface area contributed by atoms with Gasteiger partial charge in [-0.2, -0.15) is 0 Å². The number of hydroxylamine groups is 1. The molecule has 0 atom stereocenters. The molecule has 2 nitrogen and oxygen atoms in total. The lowest BCUT2D eigenvalue weighted by Crippen LogP contribution is -2.06. The van der Waals surface area contributed by atoms with Gasteiger partial charge in [-0.1, -0.05) is 26.0 Å². The molecule has 0 aliphatic carbocycles. The van der Waals surface area contributed by atoms with Crippen molar-refractivity contribution in [2.45, 2.75) is 13.8 Å². The SMILES string of the molecule is CNOC/C=C/C(C)C. The number of hydrogen-bond donors (Lipinski definition) is 1. The van der Waals surface area contributed by atoms with Crippen molar-refractivity contribution in [2.75, 3.05) is 13.7 Å². The first-order valence-corrected chi connectivity index (χ1v) is 3.22. The molecule has 0 rings (SSSR count). The largest absolute Gasteiger partial charge is 0.298 e. The van der Waals surface area contributed by atoms with E-state index in [1.165, 1.54) is 0 Å². The first kappa shape index (κ1) is 8.66. The van der Waals surface area contributed by atoms with E-state index in [-0.39, 0.29) is 0 Å². The van der Waals surface area contributed by atoms with Crippen LogP contribution in [0.5, 0.6) is 0 Å². The Hall–Kier alpha value is -0.340. The third kappa shape index (κ3) is 7.66. The van der Waals surface area contributed by atoms with Gasteiger partial charge in [-0.05, 0) is 5.92 Å². The summed E-state index contributed by atoms with van der Waals surface area (Å²) in [5.41, 5.74) is 2.59. The van der Waals surface area contributed by atoms with E-state index in [9.17, 15) is 0 Å². The first-order chi connectivity index (χ1) is 4.27. The molecule has 0 fully saturated rings. The lowest BCUT2D eigenvalue weighted by Gasteiger charge is -1.95. The molecule has 0 heterocycles. The lowest BCUT2D eigenvalue weighted by molar-refractivity contribution is 0.0809. The molecule has 0 unspecified atom stereocenters. The molecular formula is C7H15NO. The van der Waals surface area contributed by atoms with Crippen molar-refractivity contribution in [1.82, 2.24) is 5.48 Å². The van der Waals surface area contributed by atoms with Gasteiger partial charge in [-0.25, -0.2) is 5.48 Å². The Morgan fingerprint density at radius 3 is 2.67 bits per heavy atom. The minimum absolute atomic E-state index is 0.616. The summed E-state index contributed by atoms with van der Waals surface area (Å²) in [6.45, 7) is 4.92. The highest BCUT2D eigenvalue weighted by Gasteiger charge is 1.81. The maximum Gasteiger partial charge on any atom is 0.0863 e. The Morgan fingerprint density at radius 1 is 1.56 bits per heavy atom. The second-order valence-corrected chi connectivity index (χ2v) is 2.19. The standard InChI is InChI=1S/C7H15NO/c1-7(2)5-4-6-9-8-3/h4-5,7-8H,6H2,1-3H3/b5-4+. The summed E-state index contributed by atoms with van der Waals surface area (Å²) >= 11 is 0. The molecule has 0 saturated heterocycles. The van der Waals surface area contributed by atoms with Gasteiger partial charge in [0.05, 0.1) is 6.61 Å². The molecule has 0 aliphatic heterocycles. The van der Waals surface area contributed by atoms with Crippen molar-refractivity contribution in [3.05, 3.63) is 12.2 Å². The summed E-state index contributed by atoms with van der Waals surface area (Å²) in [5, 5.41) is 0. The van der Waals surface area contributed by atoms with Crippen LogP contribution in [0.3, 0.4) is 0 Å². The summed E-state index contributed by atoms with van der Waals surface area (Å²) in [7, 11) is 1.75. The Kier molecular flexibility index (Phi) is 5.57. The van der Waals surface area contributed by atoms with E-state index in [2.05, 4.69) is 25.4 Å². The normalized spacial score (nSPS) is 11.6. The van der Waals surface area contributed by atoms with E-state index in [1.807, 2.05) is 6.08 Å². The van der Waals surface area contributed by atoms with Crippen LogP contribution in [0.15, 0.2) is 12.2 Å². The number of rotatable bonds is 4. The zero-order valence-corrected chi connectivity index (χ0v) is 6.35. The second-order valence-electron chi connectivity index (χ2n) is 2.19. The van der Waals surface area contributed by atoms with Crippen LogP contribution < -0.4 is 5.48 Å². The summed E-state index contributed by atoms with van der Waals surface area (Å²) < 4.78 is 0. The van der Waals surface area contributed by atoms with Crippen molar-refractivity contribution in [1.29, 1.82) is 0 Å². The quantitative estimate of drug-likeness (QED) is 0.351. The van der Waals surface area contributed by atoms with Gasteiger partial charge in [-0.15, -0.1) is 0 Å². The van der Waals surface area contributed by atoms with Crippen molar-refractivity contribution in [2.24, 2.45) is 5.92 Å². The number of nitrogens with one attached hydrogen (secondary N) is 1. The molecule has 9 heavy (non-hydrogen) atoms. The number of hydrogen-bond acceptors (Lipinski definition) is 2. The van der Waals surface area contributed by atoms with E-state index >= 15 is 0 Å². The van der Waals surface area contributed by atoms with E-state index in [1.54, 1.807) is 7.05 Å². The molecular weight excluding hydrogens is 114 g/mol. The van der Waals surface area contributed by atoms with Gasteiger partial charge >= 0.3 is 0 Å². The fourth-order valence-corrected chi connectivity index (χ4v) is 0.459. The predicted octanol–water partition coefficient (Wildman–Crippen LogP) is 1.35. The second kappa shape index (κ2) is 5.79. The average molecular weight is 129 g/mol. The Labute approximate surface area is 56.9 Å². The Bertz CT molecular complexity index is 79.0. The van der Waals surface area contributed by atoms with Gasteiger partial charge in [0.1, 0.15) is 0 Å². The van der Waals surface area contributed by atoms with Crippen LogP contribution >= 0.6 is 0 Å². The topological polar surface area (TPSA) is 21.3 Å². The Morgan fingerprint density at radius 2 is 2.22 bits per heavy atom. The molecule has 0 spiro atoms. The molecule has 0 amide bonds. The van der Waals surface area contributed by atoms with Gasteiger partial charge < -0.3 is 0 Å². The smallest absolute Gasteiger partial charge is 0.0863 e. The highest BCUT2D eigenvalue weighted by atomic mass is 16.6. The van der Waals surface area contributed by atoms with Crippen molar-refractivity contribution < 1.29 is 4.84 Å². The molecule has 0 saturated carbocycles. The fraction of sp³-hybridized carbons (Fsp3) is 0.714. The van der Waals surface area contributed by atoms with Crippen LogP contribution in [0.4, 0.5) is 0 Å². The summed E-state index contributed by atoms with van der Waals surface area (Å²) in [4.78, 5) is 4.85. The first-order valence-electron chi connectivity index (χ1n) is 3.22. The van der Waals surface area contributed by atoms with Crippen LogP contribution in [0.25, 0.3) is 0 Å². The van der Waals surface area contributed by atoms with E-state index < -0.39 is 0 Å². The molecule has 1 N–H and O–H groups in total. The summed E-state index contributed by atoms with van der Waals surface area (Å²) in [6.07, 6.45) is 4.11. The molecule has 0 aromatic heterocycles. The molecule has 0 aromatic carbocycles. The predicted molar refractivity (Wildman–Crippen MR) is 39.0 cm³/mol. The van der Waals surface area contributed by atoms with Gasteiger partial charge in [0.25, 0.3) is 0 Å². The third-order valence-electron chi connectivity index (χ3n) is 0.845.